The van der Waals surface area contributed by atoms with Gasteiger partial charge in [-0.25, -0.2) is 4.79 Å². The van der Waals surface area contributed by atoms with Crippen LogP contribution >= 0.6 is 0 Å². The summed E-state index contributed by atoms with van der Waals surface area (Å²) in [6.45, 7) is 6.97. The highest BCUT2D eigenvalue weighted by Crippen LogP contribution is 2.20. The highest BCUT2D eigenvalue weighted by Gasteiger charge is 2.24. The SMILES string of the molecule is CC(=O)c1c(C)[nH]c(C(=O)O[C@H](C)C(=O)NCCC2=CCCCC2)c1C. The smallest absolute Gasteiger partial charge is 0.355 e. The van der Waals surface area contributed by atoms with E-state index in [0.29, 0.717) is 23.4 Å². The summed E-state index contributed by atoms with van der Waals surface area (Å²) in [5.41, 5.74) is 3.28. The third kappa shape index (κ3) is 4.84. The van der Waals surface area contributed by atoms with E-state index in [1.54, 1.807) is 20.8 Å². The molecule has 0 spiro atoms. The van der Waals surface area contributed by atoms with E-state index in [1.165, 1.54) is 25.3 Å². The standard InChI is InChI=1S/C20H28N2O4/c1-12-17(14(3)23)13(2)22-18(12)20(25)26-15(4)19(24)21-11-10-16-8-6-5-7-9-16/h8,15,22H,5-7,9-11H2,1-4H3,(H,21,24)/t15-/m1/s1. The lowest BCUT2D eigenvalue weighted by molar-refractivity contribution is -0.129. The molecule has 0 fully saturated rings. The van der Waals surface area contributed by atoms with Gasteiger partial charge < -0.3 is 15.0 Å². The van der Waals surface area contributed by atoms with E-state index in [0.717, 1.165) is 19.3 Å². The Morgan fingerprint density at radius 2 is 2.00 bits per heavy atom. The van der Waals surface area contributed by atoms with Crippen LogP contribution in [0.1, 0.15) is 78.1 Å². The van der Waals surface area contributed by atoms with Crippen molar-refractivity contribution in [1.82, 2.24) is 10.3 Å². The summed E-state index contributed by atoms with van der Waals surface area (Å²) in [6, 6.07) is 0. The fourth-order valence-electron chi connectivity index (χ4n) is 3.38. The number of amides is 1. The second kappa shape index (κ2) is 8.83. The third-order valence-corrected chi connectivity index (χ3v) is 4.78. The van der Waals surface area contributed by atoms with Gasteiger partial charge >= 0.3 is 5.97 Å². The van der Waals surface area contributed by atoms with E-state index in [2.05, 4.69) is 16.4 Å². The van der Waals surface area contributed by atoms with Crippen LogP contribution in [-0.2, 0) is 9.53 Å². The number of ketones is 1. The Hall–Kier alpha value is -2.37. The number of Topliss-reactive ketones (excluding diaryl/α,β-unsaturated/α-hetero) is 1. The Morgan fingerprint density at radius 1 is 1.27 bits per heavy atom. The van der Waals surface area contributed by atoms with Crippen molar-refractivity contribution in [3.8, 4) is 0 Å². The van der Waals surface area contributed by atoms with Crippen molar-refractivity contribution in [3.63, 3.8) is 0 Å². The Balaban J connectivity index is 1.88. The van der Waals surface area contributed by atoms with Crippen LogP contribution in [0.25, 0.3) is 0 Å². The number of allylic oxidation sites excluding steroid dienone is 1. The number of nitrogens with one attached hydrogen (secondary N) is 2. The van der Waals surface area contributed by atoms with Gasteiger partial charge in [-0.1, -0.05) is 11.6 Å². The summed E-state index contributed by atoms with van der Waals surface area (Å²) in [6.07, 6.45) is 6.87. The van der Waals surface area contributed by atoms with Crippen LogP contribution in [0.5, 0.6) is 0 Å². The van der Waals surface area contributed by atoms with E-state index in [-0.39, 0.29) is 17.4 Å². The molecule has 1 aromatic rings. The first kappa shape index (κ1) is 19.9. The Morgan fingerprint density at radius 3 is 2.58 bits per heavy atom. The molecule has 2 rings (SSSR count). The molecule has 0 saturated heterocycles. The number of aromatic amines is 1. The lowest BCUT2D eigenvalue weighted by Crippen LogP contribution is -2.36. The minimum absolute atomic E-state index is 0.113. The fourth-order valence-corrected chi connectivity index (χ4v) is 3.38. The Labute approximate surface area is 154 Å². The number of H-pyrrole nitrogens is 1. The molecule has 0 aliphatic heterocycles. The van der Waals surface area contributed by atoms with Crippen LogP contribution in [0.3, 0.4) is 0 Å². The van der Waals surface area contributed by atoms with Crippen LogP contribution in [0.15, 0.2) is 11.6 Å². The minimum Gasteiger partial charge on any atom is -0.448 e. The molecule has 1 aliphatic rings. The first-order valence-electron chi connectivity index (χ1n) is 9.18. The van der Waals surface area contributed by atoms with Gasteiger partial charge in [0.15, 0.2) is 11.9 Å². The third-order valence-electron chi connectivity index (χ3n) is 4.78. The minimum atomic E-state index is -0.897. The summed E-state index contributed by atoms with van der Waals surface area (Å²) in [5.74, 6) is -1.06. The van der Waals surface area contributed by atoms with E-state index >= 15 is 0 Å². The van der Waals surface area contributed by atoms with Crippen molar-refractivity contribution in [2.45, 2.75) is 65.9 Å². The van der Waals surface area contributed by atoms with Gasteiger partial charge in [0.2, 0.25) is 0 Å². The number of hydrogen-bond acceptors (Lipinski definition) is 4. The lowest BCUT2D eigenvalue weighted by Gasteiger charge is -2.15. The zero-order chi connectivity index (χ0) is 19.3. The zero-order valence-corrected chi connectivity index (χ0v) is 16.0. The number of esters is 1. The predicted molar refractivity (Wildman–Crippen MR) is 99.3 cm³/mol. The molecule has 142 valence electrons. The molecule has 1 amide bonds. The van der Waals surface area contributed by atoms with Gasteiger partial charge in [-0.3, -0.25) is 9.59 Å². The van der Waals surface area contributed by atoms with Gasteiger partial charge in [-0.05, 0) is 65.4 Å². The van der Waals surface area contributed by atoms with Gasteiger partial charge in [-0.15, -0.1) is 0 Å². The number of carbonyl (C=O) groups is 3. The molecule has 0 radical (unpaired) electrons. The lowest BCUT2D eigenvalue weighted by atomic mass is 9.97. The van der Waals surface area contributed by atoms with Crippen molar-refractivity contribution in [1.29, 1.82) is 0 Å². The monoisotopic (exact) mass is 360 g/mol. The number of hydrogen-bond donors (Lipinski definition) is 2. The van der Waals surface area contributed by atoms with E-state index in [4.69, 9.17) is 4.74 Å². The largest absolute Gasteiger partial charge is 0.448 e. The quantitative estimate of drug-likeness (QED) is 0.443. The summed E-state index contributed by atoms with van der Waals surface area (Å²) in [4.78, 5) is 39.0. The van der Waals surface area contributed by atoms with Crippen LogP contribution in [0.2, 0.25) is 0 Å². The van der Waals surface area contributed by atoms with Crippen molar-refractivity contribution in [2.24, 2.45) is 0 Å². The van der Waals surface area contributed by atoms with E-state index < -0.39 is 12.1 Å². The predicted octanol–water partition coefficient (Wildman–Crippen LogP) is 3.39. The zero-order valence-electron chi connectivity index (χ0n) is 16.0. The molecule has 0 saturated carbocycles. The molecule has 26 heavy (non-hydrogen) atoms. The molecule has 6 nitrogen and oxygen atoms in total. The molecule has 1 heterocycles. The van der Waals surface area contributed by atoms with Gasteiger partial charge in [0.05, 0.1) is 0 Å². The highest BCUT2D eigenvalue weighted by atomic mass is 16.5. The van der Waals surface area contributed by atoms with Crippen LogP contribution in [-0.4, -0.2) is 35.3 Å². The first-order valence-corrected chi connectivity index (χ1v) is 9.18. The molecular weight excluding hydrogens is 332 g/mol. The Bertz CT molecular complexity index is 730. The normalized spacial score (nSPS) is 15.2. The maximum absolute atomic E-state index is 12.3. The molecule has 2 N–H and O–H groups in total. The summed E-state index contributed by atoms with van der Waals surface area (Å²) >= 11 is 0. The van der Waals surface area contributed by atoms with Gasteiger partial charge in [0, 0.05) is 17.8 Å². The van der Waals surface area contributed by atoms with Gasteiger partial charge in [-0.2, -0.15) is 0 Å². The maximum atomic E-state index is 12.3. The molecule has 0 aromatic carbocycles. The van der Waals surface area contributed by atoms with Gasteiger partial charge in [0.25, 0.3) is 5.91 Å². The van der Waals surface area contributed by atoms with Crippen molar-refractivity contribution in [3.05, 3.63) is 34.2 Å². The molecule has 1 aromatic heterocycles. The van der Waals surface area contributed by atoms with Crippen LogP contribution < -0.4 is 5.32 Å². The van der Waals surface area contributed by atoms with Crippen LogP contribution in [0, 0.1) is 13.8 Å². The van der Waals surface area contributed by atoms with Crippen molar-refractivity contribution >= 4 is 17.7 Å². The fraction of sp³-hybridized carbons (Fsp3) is 0.550. The molecule has 6 heteroatoms. The van der Waals surface area contributed by atoms with E-state index in [9.17, 15) is 14.4 Å². The first-order chi connectivity index (χ1) is 12.3. The van der Waals surface area contributed by atoms with E-state index in [1.807, 2.05) is 0 Å². The average molecular weight is 360 g/mol. The number of ether oxygens (including phenoxy) is 1. The highest BCUT2D eigenvalue weighted by molar-refractivity contribution is 6.01. The Kier molecular flexibility index (Phi) is 6.77. The number of aryl methyl sites for hydroxylation is 1. The van der Waals surface area contributed by atoms with Crippen LogP contribution in [0.4, 0.5) is 0 Å². The molecule has 0 unspecified atom stereocenters. The van der Waals surface area contributed by atoms with Gasteiger partial charge in [0.1, 0.15) is 5.69 Å². The number of rotatable bonds is 7. The maximum Gasteiger partial charge on any atom is 0.355 e. The average Bonchev–Trinajstić information content (AvgIpc) is 2.90. The number of aromatic nitrogens is 1. The summed E-state index contributed by atoms with van der Waals surface area (Å²) in [5, 5.41) is 2.81. The van der Waals surface area contributed by atoms with Crippen molar-refractivity contribution in [2.75, 3.05) is 6.54 Å². The molecule has 0 bridgehead atoms. The molecule has 1 aliphatic carbocycles. The molecular formula is C20H28N2O4. The molecule has 1 atom stereocenters. The topological polar surface area (TPSA) is 88.3 Å². The second-order valence-corrected chi connectivity index (χ2v) is 6.88. The summed E-state index contributed by atoms with van der Waals surface area (Å²) < 4.78 is 5.26. The number of carbonyl (C=O) groups excluding carboxylic acids is 3. The summed E-state index contributed by atoms with van der Waals surface area (Å²) in [7, 11) is 0. The van der Waals surface area contributed by atoms with Crippen molar-refractivity contribution < 1.29 is 19.1 Å². The second-order valence-electron chi connectivity index (χ2n) is 6.88.